The lowest BCUT2D eigenvalue weighted by Gasteiger charge is -2.20. The summed E-state index contributed by atoms with van der Waals surface area (Å²) in [6, 6.07) is 8.86. The molecular weight excluding hydrogens is 274 g/mol. The third kappa shape index (κ3) is 3.30. The van der Waals surface area contributed by atoms with Gasteiger partial charge in [-0.1, -0.05) is 0 Å². The molecule has 5 nitrogen and oxygen atoms in total. The van der Waals surface area contributed by atoms with Crippen molar-refractivity contribution in [2.75, 3.05) is 18.4 Å². The summed E-state index contributed by atoms with van der Waals surface area (Å²) in [6.45, 7) is 3.06. The quantitative estimate of drug-likeness (QED) is 0.836. The molecule has 0 bridgehead atoms. The normalized spacial score (nSPS) is 15.1. The minimum absolute atomic E-state index is 0.0711. The molecule has 0 atom stereocenters. The van der Waals surface area contributed by atoms with Crippen LogP contribution >= 0.6 is 0 Å². The van der Waals surface area contributed by atoms with Crippen molar-refractivity contribution in [3.8, 4) is 6.07 Å². The van der Waals surface area contributed by atoms with Crippen LogP contribution in [0, 0.1) is 11.3 Å². The molecule has 0 aromatic heterocycles. The van der Waals surface area contributed by atoms with Crippen LogP contribution in [0.1, 0.15) is 26.2 Å². The Morgan fingerprint density at radius 2 is 2.00 bits per heavy atom. The number of nitrogens with one attached hydrogen (secondary N) is 1. The summed E-state index contributed by atoms with van der Waals surface area (Å²) in [7, 11) is -3.49. The van der Waals surface area contributed by atoms with Gasteiger partial charge < -0.3 is 5.32 Å². The van der Waals surface area contributed by atoms with Gasteiger partial charge in [0.2, 0.25) is 10.0 Å². The van der Waals surface area contributed by atoms with Crippen molar-refractivity contribution in [1.29, 1.82) is 5.26 Å². The predicted octanol–water partition coefficient (Wildman–Crippen LogP) is 2.19. The van der Waals surface area contributed by atoms with Crippen molar-refractivity contribution in [3.63, 3.8) is 0 Å². The number of rotatable bonds is 7. The van der Waals surface area contributed by atoms with Gasteiger partial charge in [-0.25, -0.2) is 8.42 Å². The molecule has 0 amide bonds. The minimum Gasteiger partial charge on any atom is -0.385 e. The fourth-order valence-electron chi connectivity index (χ4n) is 2.11. The topological polar surface area (TPSA) is 73.2 Å². The Hall–Kier alpha value is -1.58. The van der Waals surface area contributed by atoms with Gasteiger partial charge in [0.1, 0.15) is 0 Å². The van der Waals surface area contributed by atoms with Crippen LogP contribution in [-0.2, 0) is 10.0 Å². The smallest absolute Gasteiger partial charge is 0.243 e. The van der Waals surface area contributed by atoms with Crippen molar-refractivity contribution < 1.29 is 8.42 Å². The Morgan fingerprint density at radius 3 is 2.50 bits per heavy atom. The third-order valence-corrected chi connectivity index (χ3v) is 5.21. The van der Waals surface area contributed by atoms with E-state index in [1.807, 2.05) is 13.0 Å². The fraction of sp³-hybridized carbons (Fsp3) is 0.500. The monoisotopic (exact) mass is 293 g/mol. The van der Waals surface area contributed by atoms with E-state index in [1.54, 1.807) is 24.3 Å². The van der Waals surface area contributed by atoms with Crippen LogP contribution in [0.2, 0.25) is 0 Å². The summed E-state index contributed by atoms with van der Waals surface area (Å²) >= 11 is 0. The van der Waals surface area contributed by atoms with E-state index in [4.69, 9.17) is 5.26 Å². The molecule has 1 aliphatic rings. The molecule has 0 spiro atoms. The maximum atomic E-state index is 12.6. The molecule has 1 N–H and O–H groups in total. The maximum absolute atomic E-state index is 12.6. The van der Waals surface area contributed by atoms with Gasteiger partial charge in [-0.05, 0) is 44.0 Å². The van der Waals surface area contributed by atoms with E-state index in [0.29, 0.717) is 4.90 Å². The zero-order chi connectivity index (χ0) is 14.6. The summed E-state index contributed by atoms with van der Waals surface area (Å²) in [5, 5.41) is 11.8. The van der Waals surface area contributed by atoms with Gasteiger partial charge in [0.05, 0.1) is 11.0 Å². The van der Waals surface area contributed by atoms with E-state index in [9.17, 15) is 8.42 Å². The van der Waals surface area contributed by atoms with Gasteiger partial charge in [-0.3, -0.25) is 0 Å². The highest BCUT2D eigenvalue weighted by Crippen LogP contribution is 2.32. The first-order valence-electron chi connectivity index (χ1n) is 6.82. The van der Waals surface area contributed by atoms with Crippen molar-refractivity contribution in [2.24, 2.45) is 0 Å². The molecule has 2 rings (SSSR count). The van der Waals surface area contributed by atoms with E-state index in [0.717, 1.165) is 25.1 Å². The average Bonchev–Trinajstić information content (AvgIpc) is 3.24. The van der Waals surface area contributed by atoms with Crippen molar-refractivity contribution in [1.82, 2.24) is 4.31 Å². The zero-order valence-electron chi connectivity index (χ0n) is 11.5. The molecule has 1 aromatic carbocycles. The van der Waals surface area contributed by atoms with Gasteiger partial charge in [0.25, 0.3) is 0 Å². The van der Waals surface area contributed by atoms with Crippen LogP contribution in [0.25, 0.3) is 0 Å². The molecule has 108 valence electrons. The first kappa shape index (κ1) is 14.8. The molecule has 6 heteroatoms. The third-order valence-electron chi connectivity index (χ3n) is 3.24. The predicted molar refractivity (Wildman–Crippen MR) is 77.7 cm³/mol. The first-order chi connectivity index (χ1) is 9.59. The van der Waals surface area contributed by atoms with Crippen LogP contribution in [-0.4, -0.2) is 31.9 Å². The number of hydrogen-bond donors (Lipinski definition) is 1. The first-order valence-corrected chi connectivity index (χ1v) is 8.26. The maximum Gasteiger partial charge on any atom is 0.243 e. The SMILES string of the molecule is CCNc1ccc(S(=O)(=O)N(CCC#N)C2CC2)cc1. The Kier molecular flexibility index (Phi) is 4.63. The number of nitriles is 1. The number of benzene rings is 1. The highest BCUT2D eigenvalue weighted by molar-refractivity contribution is 7.89. The number of anilines is 1. The number of sulfonamides is 1. The van der Waals surface area contributed by atoms with Crippen LogP contribution < -0.4 is 5.32 Å². The van der Waals surface area contributed by atoms with Crippen molar-refractivity contribution >= 4 is 15.7 Å². The molecule has 0 radical (unpaired) electrons. The van der Waals surface area contributed by atoms with Crippen molar-refractivity contribution in [2.45, 2.75) is 37.1 Å². The van der Waals surface area contributed by atoms with Gasteiger partial charge >= 0.3 is 0 Å². The second kappa shape index (κ2) is 6.25. The van der Waals surface area contributed by atoms with Crippen LogP contribution in [0.3, 0.4) is 0 Å². The molecule has 0 aliphatic heterocycles. The lowest BCUT2D eigenvalue weighted by atomic mass is 10.3. The number of hydrogen-bond acceptors (Lipinski definition) is 4. The molecule has 1 aliphatic carbocycles. The Balaban J connectivity index is 2.21. The largest absolute Gasteiger partial charge is 0.385 e. The highest BCUT2D eigenvalue weighted by atomic mass is 32.2. The molecule has 20 heavy (non-hydrogen) atoms. The van der Waals surface area contributed by atoms with E-state index in [1.165, 1.54) is 4.31 Å². The van der Waals surface area contributed by atoms with Gasteiger partial charge in [0, 0.05) is 31.2 Å². The Labute approximate surface area is 120 Å². The highest BCUT2D eigenvalue weighted by Gasteiger charge is 2.37. The summed E-state index contributed by atoms with van der Waals surface area (Å²) in [4.78, 5) is 0.295. The van der Waals surface area contributed by atoms with E-state index in [-0.39, 0.29) is 19.0 Å². The summed E-state index contributed by atoms with van der Waals surface area (Å²) < 4.78 is 26.6. The summed E-state index contributed by atoms with van der Waals surface area (Å²) in [5.74, 6) is 0. The second-order valence-electron chi connectivity index (χ2n) is 4.81. The fourth-order valence-corrected chi connectivity index (χ4v) is 3.79. The van der Waals surface area contributed by atoms with Crippen molar-refractivity contribution in [3.05, 3.63) is 24.3 Å². The van der Waals surface area contributed by atoms with E-state index in [2.05, 4.69) is 5.32 Å². The van der Waals surface area contributed by atoms with Gasteiger partial charge in [-0.15, -0.1) is 0 Å². The average molecular weight is 293 g/mol. The Bertz CT molecular complexity index is 586. The lowest BCUT2D eigenvalue weighted by molar-refractivity contribution is 0.411. The van der Waals surface area contributed by atoms with E-state index >= 15 is 0 Å². The van der Waals surface area contributed by atoms with E-state index < -0.39 is 10.0 Å². The van der Waals surface area contributed by atoms with Crippen LogP contribution in [0.15, 0.2) is 29.2 Å². The summed E-state index contributed by atoms with van der Waals surface area (Å²) in [6.07, 6.45) is 2.01. The zero-order valence-corrected chi connectivity index (χ0v) is 12.4. The molecule has 1 aromatic rings. The number of nitrogens with zero attached hydrogens (tertiary/aromatic N) is 2. The molecule has 0 unspecified atom stereocenters. The minimum atomic E-state index is -3.49. The second-order valence-corrected chi connectivity index (χ2v) is 6.70. The molecule has 1 saturated carbocycles. The lowest BCUT2D eigenvalue weighted by Crippen LogP contribution is -2.33. The van der Waals surface area contributed by atoms with Crippen LogP contribution in [0.4, 0.5) is 5.69 Å². The summed E-state index contributed by atoms with van der Waals surface area (Å²) in [5.41, 5.74) is 0.904. The molecular formula is C14H19N3O2S. The van der Waals surface area contributed by atoms with Gasteiger partial charge in [0.15, 0.2) is 0 Å². The molecule has 1 fully saturated rings. The molecule has 0 heterocycles. The Morgan fingerprint density at radius 1 is 1.35 bits per heavy atom. The molecule has 0 saturated heterocycles. The van der Waals surface area contributed by atoms with Gasteiger partial charge in [-0.2, -0.15) is 9.57 Å². The standard InChI is InChI=1S/C14H19N3O2S/c1-2-16-12-4-8-14(9-5-12)20(18,19)17(11-3-10-15)13-6-7-13/h4-5,8-9,13,16H,2-3,6-7,11H2,1H3. The van der Waals surface area contributed by atoms with Crippen LogP contribution in [0.5, 0.6) is 0 Å².